The third-order valence-corrected chi connectivity index (χ3v) is 4.87. The van der Waals surface area contributed by atoms with Gasteiger partial charge in [-0.15, -0.1) is 0 Å². The minimum absolute atomic E-state index is 0.109. The summed E-state index contributed by atoms with van der Waals surface area (Å²) in [4.78, 5) is 9.78. The summed E-state index contributed by atoms with van der Waals surface area (Å²) in [7, 11) is 0. The molecular weight excluding hydrogens is 248 g/mol. The highest BCUT2D eigenvalue weighted by atomic mass is 15.3. The molecule has 2 heterocycles. The van der Waals surface area contributed by atoms with Crippen LogP contribution in [0.4, 0.5) is 5.82 Å². The van der Waals surface area contributed by atoms with E-state index in [-0.39, 0.29) is 5.54 Å². The molecule has 1 aromatic heterocycles. The van der Waals surface area contributed by atoms with E-state index < -0.39 is 0 Å². The molecule has 2 N–H and O–H groups in total. The van der Waals surface area contributed by atoms with Crippen molar-refractivity contribution in [1.29, 1.82) is 0 Å². The zero-order valence-electron chi connectivity index (χ0n) is 12.7. The summed E-state index contributed by atoms with van der Waals surface area (Å²) in [6.45, 7) is 9.42. The number of hydrogen-bond acceptors (Lipinski definition) is 4. The number of aryl methyl sites for hydroxylation is 2. The van der Waals surface area contributed by atoms with Gasteiger partial charge >= 0.3 is 0 Å². The van der Waals surface area contributed by atoms with Crippen LogP contribution in [-0.2, 0) is 12.8 Å². The summed E-state index contributed by atoms with van der Waals surface area (Å²) < 4.78 is 0. The van der Waals surface area contributed by atoms with Gasteiger partial charge in [0.05, 0.1) is 0 Å². The minimum atomic E-state index is 0.109. The highest BCUT2D eigenvalue weighted by molar-refractivity contribution is 5.43. The molecule has 0 spiro atoms. The van der Waals surface area contributed by atoms with E-state index in [9.17, 15) is 0 Å². The first-order valence-electron chi connectivity index (χ1n) is 7.79. The molecule has 0 bridgehead atoms. The zero-order valence-corrected chi connectivity index (χ0v) is 12.7. The Morgan fingerprint density at radius 3 is 2.60 bits per heavy atom. The van der Waals surface area contributed by atoms with Crippen LogP contribution >= 0.6 is 0 Å². The van der Waals surface area contributed by atoms with Crippen LogP contribution in [0.2, 0.25) is 0 Å². The first-order chi connectivity index (χ1) is 9.60. The SMILES string of the molecule is CC(C)(CN)N1CCN(c2ccc3c(n2)CCC3)CC1. The third-order valence-electron chi connectivity index (χ3n) is 4.87. The molecule has 1 aliphatic carbocycles. The largest absolute Gasteiger partial charge is 0.354 e. The molecule has 2 aliphatic rings. The average Bonchev–Trinajstić information content (AvgIpc) is 2.94. The van der Waals surface area contributed by atoms with Gasteiger partial charge < -0.3 is 10.6 Å². The van der Waals surface area contributed by atoms with Crippen LogP contribution in [0.25, 0.3) is 0 Å². The van der Waals surface area contributed by atoms with Crippen LogP contribution in [0.1, 0.15) is 31.5 Å². The Morgan fingerprint density at radius 1 is 1.15 bits per heavy atom. The lowest BCUT2D eigenvalue weighted by atomic mass is 10.0. The number of hydrogen-bond donors (Lipinski definition) is 1. The van der Waals surface area contributed by atoms with Crippen LogP contribution in [-0.4, -0.2) is 48.1 Å². The third kappa shape index (κ3) is 2.54. The summed E-state index contributed by atoms with van der Waals surface area (Å²) in [5.41, 5.74) is 8.77. The summed E-state index contributed by atoms with van der Waals surface area (Å²) >= 11 is 0. The summed E-state index contributed by atoms with van der Waals surface area (Å²) in [5.74, 6) is 1.16. The molecule has 4 nitrogen and oxygen atoms in total. The van der Waals surface area contributed by atoms with Gasteiger partial charge in [0.25, 0.3) is 0 Å². The number of rotatable bonds is 3. The van der Waals surface area contributed by atoms with Crippen molar-refractivity contribution in [3.05, 3.63) is 23.4 Å². The maximum atomic E-state index is 5.88. The number of pyridine rings is 1. The molecule has 0 unspecified atom stereocenters. The molecule has 0 amide bonds. The van der Waals surface area contributed by atoms with E-state index in [1.165, 1.54) is 24.1 Å². The van der Waals surface area contributed by atoms with Crippen LogP contribution in [0.5, 0.6) is 0 Å². The van der Waals surface area contributed by atoms with Crippen molar-refractivity contribution in [3.8, 4) is 0 Å². The maximum absolute atomic E-state index is 5.88. The lowest BCUT2D eigenvalue weighted by molar-refractivity contribution is 0.119. The van der Waals surface area contributed by atoms with Gasteiger partial charge in [-0.2, -0.15) is 0 Å². The molecule has 1 fully saturated rings. The normalized spacial score (nSPS) is 20.2. The monoisotopic (exact) mass is 274 g/mol. The maximum Gasteiger partial charge on any atom is 0.128 e. The molecule has 1 aromatic rings. The Balaban J connectivity index is 1.66. The molecule has 4 heteroatoms. The molecule has 0 saturated carbocycles. The molecule has 0 atom stereocenters. The van der Waals surface area contributed by atoms with Crippen LogP contribution < -0.4 is 10.6 Å². The Kier molecular flexibility index (Phi) is 3.69. The van der Waals surface area contributed by atoms with Gasteiger partial charge in [0, 0.05) is 44.0 Å². The number of nitrogens with zero attached hydrogens (tertiary/aromatic N) is 3. The van der Waals surface area contributed by atoms with Gasteiger partial charge in [-0.3, -0.25) is 4.90 Å². The van der Waals surface area contributed by atoms with Gasteiger partial charge in [-0.1, -0.05) is 6.07 Å². The van der Waals surface area contributed by atoms with Crippen LogP contribution in [0.3, 0.4) is 0 Å². The van der Waals surface area contributed by atoms with Crippen molar-refractivity contribution >= 4 is 5.82 Å². The number of aromatic nitrogens is 1. The van der Waals surface area contributed by atoms with E-state index in [2.05, 4.69) is 35.8 Å². The Morgan fingerprint density at radius 2 is 1.90 bits per heavy atom. The lowest BCUT2D eigenvalue weighted by Crippen LogP contribution is -2.57. The van der Waals surface area contributed by atoms with Gasteiger partial charge in [0.1, 0.15) is 5.82 Å². The van der Waals surface area contributed by atoms with Gasteiger partial charge in [0.2, 0.25) is 0 Å². The second-order valence-electron chi connectivity index (χ2n) is 6.62. The predicted molar refractivity (Wildman–Crippen MR) is 83.2 cm³/mol. The number of nitrogens with two attached hydrogens (primary N) is 1. The number of piperazine rings is 1. The molecule has 0 aromatic carbocycles. The molecular formula is C16H26N4. The van der Waals surface area contributed by atoms with Crippen molar-refractivity contribution in [2.24, 2.45) is 5.73 Å². The van der Waals surface area contributed by atoms with E-state index in [4.69, 9.17) is 10.7 Å². The second-order valence-corrected chi connectivity index (χ2v) is 6.62. The molecule has 1 aliphatic heterocycles. The predicted octanol–water partition coefficient (Wildman–Crippen LogP) is 1.43. The summed E-state index contributed by atoms with van der Waals surface area (Å²) in [5, 5.41) is 0. The zero-order chi connectivity index (χ0) is 14.2. The van der Waals surface area contributed by atoms with E-state index in [1.807, 2.05) is 0 Å². The van der Waals surface area contributed by atoms with Crippen LogP contribution in [0, 0.1) is 0 Å². The van der Waals surface area contributed by atoms with Gasteiger partial charge in [0.15, 0.2) is 0 Å². The quantitative estimate of drug-likeness (QED) is 0.906. The van der Waals surface area contributed by atoms with E-state index >= 15 is 0 Å². The molecule has 0 radical (unpaired) electrons. The van der Waals surface area contributed by atoms with E-state index in [0.717, 1.165) is 38.4 Å². The molecule has 110 valence electrons. The molecule has 3 rings (SSSR count). The molecule has 1 saturated heterocycles. The fourth-order valence-corrected chi connectivity index (χ4v) is 3.26. The number of anilines is 1. The van der Waals surface area contributed by atoms with Crippen molar-refractivity contribution in [1.82, 2.24) is 9.88 Å². The standard InChI is InChI=1S/C16H26N4/c1-16(2,12-17)20-10-8-19(9-11-20)15-7-6-13-4-3-5-14(13)18-15/h6-7H,3-5,8-12,17H2,1-2H3. The van der Waals surface area contributed by atoms with E-state index in [1.54, 1.807) is 0 Å². The Labute approximate surface area is 122 Å². The molecule has 20 heavy (non-hydrogen) atoms. The lowest BCUT2D eigenvalue weighted by Gasteiger charge is -2.44. The number of fused-ring (bicyclic) bond motifs is 1. The Bertz CT molecular complexity index is 475. The van der Waals surface area contributed by atoms with Gasteiger partial charge in [-0.05, 0) is 44.7 Å². The fourth-order valence-electron chi connectivity index (χ4n) is 3.26. The van der Waals surface area contributed by atoms with Crippen LogP contribution in [0.15, 0.2) is 12.1 Å². The van der Waals surface area contributed by atoms with Crippen molar-refractivity contribution in [2.45, 2.75) is 38.6 Å². The van der Waals surface area contributed by atoms with Crippen molar-refractivity contribution in [3.63, 3.8) is 0 Å². The second kappa shape index (κ2) is 5.34. The highest BCUT2D eigenvalue weighted by Crippen LogP contribution is 2.24. The fraction of sp³-hybridized carbons (Fsp3) is 0.688. The van der Waals surface area contributed by atoms with Crippen molar-refractivity contribution in [2.75, 3.05) is 37.6 Å². The Hall–Kier alpha value is -1.13. The first-order valence-corrected chi connectivity index (χ1v) is 7.79. The average molecular weight is 274 g/mol. The smallest absolute Gasteiger partial charge is 0.128 e. The topological polar surface area (TPSA) is 45.4 Å². The van der Waals surface area contributed by atoms with Gasteiger partial charge in [-0.25, -0.2) is 4.98 Å². The van der Waals surface area contributed by atoms with Crippen molar-refractivity contribution < 1.29 is 0 Å². The summed E-state index contributed by atoms with van der Waals surface area (Å²) in [6, 6.07) is 4.48. The summed E-state index contributed by atoms with van der Waals surface area (Å²) in [6.07, 6.45) is 3.63. The highest BCUT2D eigenvalue weighted by Gasteiger charge is 2.29. The minimum Gasteiger partial charge on any atom is -0.354 e. The van der Waals surface area contributed by atoms with E-state index in [0.29, 0.717) is 6.54 Å². The first kappa shape index (κ1) is 13.8.